The van der Waals surface area contributed by atoms with Gasteiger partial charge in [-0.2, -0.15) is 0 Å². The Morgan fingerprint density at radius 1 is 1.24 bits per heavy atom. The summed E-state index contributed by atoms with van der Waals surface area (Å²) in [6.45, 7) is 8.02. The molecule has 0 aliphatic rings. The van der Waals surface area contributed by atoms with E-state index in [2.05, 4.69) is 26.1 Å². The SMILES string of the molecule is CCSC(C(=O)NC(C)C(O)Cc1ccccc1)C(C)C. The van der Waals surface area contributed by atoms with Crippen LogP contribution in [0.15, 0.2) is 30.3 Å². The van der Waals surface area contributed by atoms with Crippen molar-refractivity contribution in [2.45, 2.75) is 51.5 Å². The molecule has 0 radical (unpaired) electrons. The molecule has 0 saturated carbocycles. The first-order valence-electron chi connectivity index (χ1n) is 7.59. The van der Waals surface area contributed by atoms with Crippen molar-refractivity contribution in [3.63, 3.8) is 0 Å². The predicted octanol–water partition coefficient (Wildman–Crippen LogP) is 2.87. The Labute approximate surface area is 132 Å². The van der Waals surface area contributed by atoms with Gasteiger partial charge >= 0.3 is 0 Å². The molecule has 0 saturated heterocycles. The third-order valence-electron chi connectivity index (χ3n) is 3.44. The fourth-order valence-corrected chi connectivity index (χ4v) is 3.15. The molecule has 4 heteroatoms. The molecular formula is C17H27NO2S. The van der Waals surface area contributed by atoms with Crippen LogP contribution in [0.3, 0.4) is 0 Å². The molecule has 0 aromatic heterocycles. The van der Waals surface area contributed by atoms with Crippen LogP contribution in [0.2, 0.25) is 0 Å². The number of carbonyl (C=O) groups excluding carboxylic acids is 1. The molecular weight excluding hydrogens is 282 g/mol. The average molecular weight is 309 g/mol. The smallest absolute Gasteiger partial charge is 0.233 e. The average Bonchev–Trinajstić information content (AvgIpc) is 2.45. The standard InChI is InChI=1S/C17H27NO2S/c1-5-21-16(12(2)3)17(20)18-13(4)15(19)11-14-9-7-6-8-10-14/h6-10,12-13,15-16,19H,5,11H2,1-4H3,(H,18,20). The molecule has 0 heterocycles. The zero-order chi connectivity index (χ0) is 15.8. The number of hydrogen-bond acceptors (Lipinski definition) is 3. The number of hydrogen-bond donors (Lipinski definition) is 2. The summed E-state index contributed by atoms with van der Waals surface area (Å²) in [5, 5.41) is 13.2. The zero-order valence-corrected chi connectivity index (χ0v) is 14.2. The van der Waals surface area contributed by atoms with Gasteiger partial charge in [-0.05, 0) is 24.2 Å². The largest absolute Gasteiger partial charge is 0.391 e. The van der Waals surface area contributed by atoms with Crippen molar-refractivity contribution in [3.05, 3.63) is 35.9 Å². The Kier molecular flexibility index (Phi) is 7.83. The van der Waals surface area contributed by atoms with Gasteiger partial charge in [-0.3, -0.25) is 4.79 Å². The Balaban J connectivity index is 2.54. The topological polar surface area (TPSA) is 49.3 Å². The first kappa shape index (κ1) is 18.1. The molecule has 0 aliphatic heterocycles. The van der Waals surface area contributed by atoms with E-state index >= 15 is 0 Å². The maximum Gasteiger partial charge on any atom is 0.233 e. The molecule has 0 fully saturated rings. The summed E-state index contributed by atoms with van der Waals surface area (Å²) in [5.41, 5.74) is 1.08. The second kappa shape index (κ2) is 9.11. The zero-order valence-electron chi connectivity index (χ0n) is 13.4. The molecule has 0 spiro atoms. The highest BCUT2D eigenvalue weighted by molar-refractivity contribution is 8.00. The van der Waals surface area contributed by atoms with Crippen molar-refractivity contribution in [1.82, 2.24) is 5.32 Å². The third-order valence-corrected chi connectivity index (χ3v) is 4.90. The molecule has 1 rings (SSSR count). The second-order valence-corrected chi connectivity index (χ2v) is 7.09. The van der Waals surface area contributed by atoms with Crippen LogP contribution in [0.5, 0.6) is 0 Å². The molecule has 1 aromatic rings. The van der Waals surface area contributed by atoms with Crippen molar-refractivity contribution in [1.29, 1.82) is 0 Å². The van der Waals surface area contributed by atoms with Gasteiger partial charge in [-0.15, -0.1) is 11.8 Å². The highest BCUT2D eigenvalue weighted by atomic mass is 32.2. The molecule has 118 valence electrons. The monoisotopic (exact) mass is 309 g/mol. The molecule has 0 bridgehead atoms. The van der Waals surface area contributed by atoms with Gasteiger partial charge in [0.15, 0.2) is 0 Å². The number of aliphatic hydroxyl groups is 1. The summed E-state index contributed by atoms with van der Waals surface area (Å²) in [7, 11) is 0. The quantitative estimate of drug-likeness (QED) is 0.776. The maximum absolute atomic E-state index is 12.3. The van der Waals surface area contributed by atoms with E-state index in [1.165, 1.54) is 0 Å². The fraction of sp³-hybridized carbons (Fsp3) is 0.588. The molecule has 3 unspecified atom stereocenters. The Morgan fingerprint density at radius 3 is 2.38 bits per heavy atom. The van der Waals surface area contributed by atoms with Gasteiger partial charge in [-0.1, -0.05) is 51.1 Å². The summed E-state index contributed by atoms with van der Waals surface area (Å²) in [6, 6.07) is 9.59. The molecule has 3 atom stereocenters. The number of benzene rings is 1. The molecule has 2 N–H and O–H groups in total. The van der Waals surface area contributed by atoms with Crippen molar-refractivity contribution in [3.8, 4) is 0 Å². The summed E-state index contributed by atoms with van der Waals surface area (Å²) >= 11 is 1.66. The van der Waals surface area contributed by atoms with Gasteiger partial charge in [-0.25, -0.2) is 0 Å². The Bertz CT molecular complexity index is 422. The van der Waals surface area contributed by atoms with Gasteiger partial charge < -0.3 is 10.4 Å². The minimum Gasteiger partial charge on any atom is -0.391 e. The van der Waals surface area contributed by atoms with Crippen LogP contribution < -0.4 is 5.32 Å². The fourth-order valence-electron chi connectivity index (χ4n) is 2.19. The van der Waals surface area contributed by atoms with Crippen LogP contribution >= 0.6 is 11.8 Å². The molecule has 0 aliphatic carbocycles. The lowest BCUT2D eigenvalue weighted by Gasteiger charge is -2.25. The lowest BCUT2D eigenvalue weighted by molar-refractivity contribution is -0.122. The van der Waals surface area contributed by atoms with Gasteiger partial charge in [0, 0.05) is 6.42 Å². The van der Waals surface area contributed by atoms with E-state index in [1.54, 1.807) is 11.8 Å². The van der Waals surface area contributed by atoms with Crippen LogP contribution in [0.1, 0.15) is 33.3 Å². The number of carbonyl (C=O) groups is 1. The summed E-state index contributed by atoms with van der Waals surface area (Å²) in [6.07, 6.45) is -0.0222. The normalized spacial score (nSPS) is 15.5. The van der Waals surface area contributed by atoms with E-state index in [0.717, 1.165) is 11.3 Å². The second-order valence-electron chi connectivity index (χ2n) is 5.67. The van der Waals surface area contributed by atoms with Crippen LogP contribution in [0.4, 0.5) is 0 Å². The van der Waals surface area contributed by atoms with Crippen LogP contribution in [-0.4, -0.2) is 34.2 Å². The predicted molar refractivity (Wildman–Crippen MR) is 90.5 cm³/mol. The van der Waals surface area contributed by atoms with E-state index in [1.807, 2.05) is 37.3 Å². The van der Waals surface area contributed by atoms with Gasteiger partial charge in [0.1, 0.15) is 0 Å². The van der Waals surface area contributed by atoms with Crippen molar-refractivity contribution >= 4 is 17.7 Å². The number of rotatable bonds is 8. The van der Waals surface area contributed by atoms with Gasteiger partial charge in [0.05, 0.1) is 17.4 Å². The van der Waals surface area contributed by atoms with E-state index in [0.29, 0.717) is 6.42 Å². The number of amides is 1. The van der Waals surface area contributed by atoms with Crippen molar-refractivity contribution in [2.75, 3.05) is 5.75 Å². The van der Waals surface area contributed by atoms with E-state index in [9.17, 15) is 9.90 Å². The first-order chi connectivity index (χ1) is 9.95. The molecule has 21 heavy (non-hydrogen) atoms. The van der Waals surface area contributed by atoms with Crippen LogP contribution in [0.25, 0.3) is 0 Å². The lowest BCUT2D eigenvalue weighted by Crippen LogP contribution is -2.46. The van der Waals surface area contributed by atoms with Crippen molar-refractivity contribution < 1.29 is 9.90 Å². The summed E-state index contributed by atoms with van der Waals surface area (Å²) < 4.78 is 0. The van der Waals surface area contributed by atoms with E-state index in [4.69, 9.17) is 0 Å². The van der Waals surface area contributed by atoms with Gasteiger partial charge in [0.2, 0.25) is 5.91 Å². The molecule has 1 aromatic carbocycles. The highest BCUT2D eigenvalue weighted by Crippen LogP contribution is 2.19. The first-order valence-corrected chi connectivity index (χ1v) is 8.64. The number of nitrogens with one attached hydrogen (secondary N) is 1. The minimum absolute atomic E-state index is 0.0245. The van der Waals surface area contributed by atoms with Crippen LogP contribution in [-0.2, 0) is 11.2 Å². The third kappa shape index (κ3) is 6.10. The van der Waals surface area contributed by atoms with E-state index < -0.39 is 6.10 Å². The summed E-state index contributed by atoms with van der Waals surface area (Å²) in [4.78, 5) is 12.3. The van der Waals surface area contributed by atoms with Crippen LogP contribution in [0, 0.1) is 5.92 Å². The highest BCUT2D eigenvalue weighted by Gasteiger charge is 2.25. The summed E-state index contributed by atoms with van der Waals surface area (Å²) in [5.74, 6) is 1.22. The van der Waals surface area contributed by atoms with Gasteiger partial charge in [0.25, 0.3) is 0 Å². The Morgan fingerprint density at radius 2 is 1.86 bits per heavy atom. The minimum atomic E-state index is -0.573. The molecule has 3 nitrogen and oxygen atoms in total. The number of aliphatic hydroxyl groups excluding tert-OH is 1. The number of thioether (sulfide) groups is 1. The van der Waals surface area contributed by atoms with Crippen molar-refractivity contribution in [2.24, 2.45) is 5.92 Å². The Hall–Kier alpha value is -1.00. The maximum atomic E-state index is 12.3. The lowest BCUT2D eigenvalue weighted by atomic mass is 10.0. The molecule has 1 amide bonds. The van der Waals surface area contributed by atoms with E-state index in [-0.39, 0.29) is 23.1 Å².